The van der Waals surface area contributed by atoms with Gasteiger partial charge in [0, 0.05) is 46.5 Å². The molecule has 10 heteroatoms. The highest BCUT2D eigenvalue weighted by Gasteiger charge is 2.25. The van der Waals surface area contributed by atoms with Crippen molar-refractivity contribution in [3.63, 3.8) is 0 Å². The number of H-pyrrole nitrogens is 2. The maximum Gasteiger partial charge on any atom is 0.249 e. The van der Waals surface area contributed by atoms with E-state index in [4.69, 9.17) is 22.9 Å². The third-order valence-corrected chi connectivity index (χ3v) is 6.40. The lowest BCUT2D eigenvalue weighted by Gasteiger charge is -2.14. The van der Waals surface area contributed by atoms with Gasteiger partial charge in [0.2, 0.25) is 11.8 Å². The van der Waals surface area contributed by atoms with Gasteiger partial charge in [-0.2, -0.15) is 10.2 Å². The molecule has 0 saturated carbocycles. The molecule has 0 atom stereocenters. The number of rotatable bonds is 8. The molecule has 0 spiro atoms. The van der Waals surface area contributed by atoms with Crippen LogP contribution in [0.4, 0.5) is 0 Å². The monoisotopic (exact) mass is 506 g/mol. The molecule has 190 valence electrons. The number of carbonyl (C=O) groups excluding carboxylic acids is 2. The van der Waals surface area contributed by atoms with Crippen molar-refractivity contribution in [2.45, 2.75) is 13.1 Å². The Balaban J connectivity index is 1.67. The van der Waals surface area contributed by atoms with E-state index >= 15 is 0 Å². The Hall–Kier alpha value is -5.06. The summed E-state index contributed by atoms with van der Waals surface area (Å²) in [6.07, 6.45) is 0. The van der Waals surface area contributed by atoms with Gasteiger partial charge in [0.1, 0.15) is 0 Å². The summed E-state index contributed by atoms with van der Waals surface area (Å²) < 4.78 is 0. The zero-order valence-corrected chi connectivity index (χ0v) is 20.4. The van der Waals surface area contributed by atoms with Gasteiger partial charge in [0.05, 0.1) is 22.8 Å². The van der Waals surface area contributed by atoms with Crippen molar-refractivity contribution in [1.82, 2.24) is 20.4 Å². The van der Waals surface area contributed by atoms with E-state index in [0.29, 0.717) is 47.0 Å². The first-order valence-electron chi connectivity index (χ1n) is 11.9. The van der Waals surface area contributed by atoms with Crippen LogP contribution < -0.4 is 22.9 Å². The zero-order valence-electron chi connectivity index (χ0n) is 20.4. The van der Waals surface area contributed by atoms with Crippen LogP contribution in [0.1, 0.15) is 31.8 Å². The van der Waals surface area contributed by atoms with Crippen LogP contribution in [0.15, 0.2) is 72.8 Å². The molecule has 2 aromatic heterocycles. The lowest BCUT2D eigenvalue weighted by molar-refractivity contribution is 0.0989. The molecule has 5 aromatic rings. The van der Waals surface area contributed by atoms with Gasteiger partial charge >= 0.3 is 0 Å². The molecule has 2 amide bonds. The van der Waals surface area contributed by atoms with E-state index in [1.807, 2.05) is 48.5 Å². The third kappa shape index (κ3) is 4.57. The average molecular weight is 507 g/mol. The van der Waals surface area contributed by atoms with Crippen LogP contribution in [-0.4, -0.2) is 32.2 Å². The topological polar surface area (TPSA) is 196 Å². The summed E-state index contributed by atoms with van der Waals surface area (Å²) >= 11 is 0. The minimum Gasteiger partial charge on any atom is -0.366 e. The molecular formula is C28H26N8O2. The first kappa shape index (κ1) is 24.6. The van der Waals surface area contributed by atoms with E-state index in [0.717, 1.165) is 22.3 Å². The van der Waals surface area contributed by atoms with Crippen LogP contribution in [0.2, 0.25) is 0 Å². The van der Waals surface area contributed by atoms with E-state index in [9.17, 15) is 9.59 Å². The highest BCUT2D eigenvalue weighted by atomic mass is 16.1. The lowest BCUT2D eigenvalue weighted by Crippen LogP contribution is -2.17. The van der Waals surface area contributed by atoms with Crippen molar-refractivity contribution in [2.75, 3.05) is 0 Å². The molecule has 38 heavy (non-hydrogen) atoms. The molecule has 5 rings (SSSR count). The molecule has 0 saturated heterocycles. The minimum atomic E-state index is -0.669. The molecule has 0 aliphatic heterocycles. The molecule has 3 aromatic carbocycles. The second-order valence-electron chi connectivity index (χ2n) is 8.78. The SMILES string of the molecule is NCc1ccc(-c2cc(-c3c(C(N)=O)ccc(C(N)=O)c3-c3cc(-c4ccc(CN)cc4)n[nH]3)[nH]n2)cc1. The maximum atomic E-state index is 12.5. The molecule has 0 fully saturated rings. The molecule has 0 aliphatic rings. The number of nitrogens with two attached hydrogens (primary N) is 4. The predicted octanol–water partition coefficient (Wildman–Crippen LogP) is 2.92. The second-order valence-corrected chi connectivity index (χ2v) is 8.78. The fourth-order valence-electron chi connectivity index (χ4n) is 4.39. The Morgan fingerprint density at radius 2 is 0.974 bits per heavy atom. The van der Waals surface area contributed by atoms with Crippen LogP contribution in [0.3, 0.4) is 0 Å². The Labute approximate surface area is 218 Å². The quantitative estimate of drug-likeness (QED) is 0.187. The molecular weight excluding hydrogens is 480 g/mol. The Kier molecular flexibility index (Phi) is 6.56. The number of benzene rings is 3. The van der Waals surface area contributed by atoms with Crippen molar-refractivity contribution < 1.29 is 9.59 Å². The number of aromatic nitrogens is 4. The van der Waals surface area contributed by atoms with Crippen molar-refractivity contribution in [2.24, 2.45) is 22.9 Å². The molecule has 2 heterocycles. The van der Waals surface area contributed by atoms with Gasteiger partial charge in [-0.05, 0) is 35.4 Å². The molecule has 10 nitrogen and oxygen atoms in total. The number of nitrogens with one attached hydrogen (secondary N) is 2. The number of primary amides is 2. The van der Waals surface area contributed by atoms with Gasteiger partial charge in [-0.15, -0.1) is 0 Å². The highest BCUT2D eigenvalue weighted by Crippen LogP contribution is 2.38. The maximum absolute atomic E-state index is 12.5. The van der Waals surface area contributed by atoms with E-state index in [1.165, 1.54) is 12.1 Å². The Morgan fingerprint density at radius 1 is 0.605 bits per heavy atom. The molecule has 0 bridgehead atoms. The van der Waals surface area contributed by atoms with Gasteiger partial charge in [0.25, 0.3) is 0 Å². The first-order valence-corrected chi connectivity index (χ1v) is 11.9. The van der Waals surface area contributed by atoms with Crippen LogP contribution in [0.5, 0.6) is 0 Å². The molecule has 10 N–H and O–H groups in total. The van der Waals surface area contributed by atoms with Gasteiger partial charge in [-0.3, -0.25) is 19.8 Å². The van der Waals surface area contributed by atoms with Crippen molar-refractivity contribution in [3.05, 3.63) is 95.1 Å². The summed E-state index contributed by atoms with van der Waals surface area (Å²) in [6.45, 7) is 0.862. The van der Waals surface area contributed by atoms with Gasteiger partial charge in [0.15, 0.2) is 0 Å². The van der Waals surface area contributed by atoms with Crippen LogP contribution in [0, 0.1) is 0 Å². The van der Waals surface area contributed by atoms with Crippen molar-refractivity contribution in [3.8, 4) is 45.0 Å². The summed E-state index contributed by atoms with van der Waals surface area (Å²) in [5.41, 5.74) is 30.0. The van der Waals surface area contributed by atoms with Gasteiger partial charge < -0.3 is 22.9 Å². The van der Waals surface area contributed by atoms with Crippen molar-refractivity contribution >= 4 is 11.8 Å². The van der Waals surface area contributed by atoms with Gasteiger partial charge in [-0.1, -0.05) is 48.5 Å². The van der Waals surface area contributed by atoms with Crippen LogP contribution in [0.25, 0.3) is 45.0 Å². The Morgan fingerprint density at radius 3 is 1.29 bits per heavy atom. The summed E-state index contributed by atoms with van der Waals surface area (Å²) in [4.78, 5) is 25.0. The van der Waals surface area contributed by atoms with Crippen LogP contribution >= 0.6 is 0 Å². The van der Waals surface area contributed by atoms with Crippen LogP contribution in [-0.2, 0) is 13.1 Å². The van der Waals surface area contributed by atoms with E-state index in [2.05, 4.69) is 20.4 Å². The number of nitrogens with zero attached hydrogens (tertiary/aromatic N) is 2. The minimum absolute atomic E-state index is 0.196. The van der Waals surface area contributed by atoms with Gasteiger partial charge in [-0.25, -0.2) is 0 Å². The standard InChI is InChI=1S/C28H26N8O2/c29-13-15-1-5-17(6-2-15)21-11-23(35-33-21)25-19(27(31)37)9-10-20(28(32)38)26(25)24-12-22(34-36-24)18-7-3-16(14-30)4-8-18/h1-12H,13-14,29-30H2,(H2,31,37)(H2,32,38)(H,33,35)(H,34,36). The number of hydrogen-bond acceptors (Lipinski definition) is 6. The number of amides is 2. The van der Waals surface area contributed by atoms with E-state index in [1.54, 1.807) is 12.1 Å². The first-order chi connectivity index (χ1) is 18.4. The normalized spacial score (nSPS) is 11.0. The predicted molar refractivity (Wildman–Crippen MR) is 145 cm³/mol. The molecule has 0 aliphatic carbocycles. The smallest absolute Gasteiger partial charge is 0.249 e. The second kappa shape index (κ2) is 10.1. The highest BCUT2D eigenvalue weighted by molar-refractivity contribution is 6.10. The fraction of sp³-hybridized carbons (Fsp3) is 0.0714. The van der Waals surface area contributed by atoms with Crippen molar-refractivity contribution in [1.29, 1.82) is 0 Å². The fourth-order valence-corrected chi connectivity index (χ4v) is 4.39. The largest absolute Gasteiger partial charge is 0.366 e. The van der Waals surface area contributed by atoms with E-state index in [-0.39, 0.29) is 11.1 Å². The van der Waals surface area contributed by atoms with E-state index < -0.39 is 11.8 Å². The summed E-state index contributed by atoms with van der Waals surface area (Å²) in [6, 6.07) is 21.9. The summed E-state index contributed by atoms with van der Waals surface area (Å²) in [5.74, 6) is -1.34. The zero-order chi connectivity index (χ0) is 26.8. The Bertz CT molecular complexity index is 1510. The molecule has 0 radical (unpaired) electrons. The number of carbonyl (C=O) groups is 2. The number of hydrogen-bond donors (Lipinski definition) is 6. The third-order valence-electron chi connectivity index (χ3n) is 6.40. The number of aromatic amines is 2. The average Bonchev–Trinajstić information content (AvgIpc) is 3.63. The molecule has 0 unspecified atom stereocenters. The lowest BCUT2D eigenvalue weighted by atomic mass is 9.90. The summed E-state index contributed by atoms with van der Waals surface area (Å²) in [7, 11) is 0. The summed E-state index contributed by atoms with van der Waals surface area (Å²) in [5, 5.41) is 14.9.